The van der Waals surface area contributed by atoms with Crippen molar-refractivity contribution in [2.24, 2.45) is 5.73 Å². The summed E-state index contributed by atoms with van der Waals surface area (Å²) in [6.07, 6.45) is 4.39. The van der Waals surface area contributed by atoms with E-state index in [1.54, 1.807) is 24.9 Å². The zero-order valence-electron chi connectivity index (χ0n) is 12.3. The zero-order valence-corrected chi connectivity index (χ0v) is 12.3. The quantitative estimate of drug-likeness (QED) is 0.814. The van der Waals surface area contributed by atoms with Crippen molar-refractivity contribution < 1.29 is 9.59 Å². The molecular formula is C16H21N3O2. The summed E-state index contributed by atoms with van der Waals surface area (Å²) >= 11 is 0. The van der Waals surface area contributed by atoms with E-state index in [1.165, 1.54) is 0 Å². The van der Waals surface area contributed by atoms with Crippen LogP contribution in [0.2, 0.25) is 0 Å². The first-order valence-electron chi connectivity index (χ1n) is 7.05. The van der Waals surface area contributed by atoms with Crippen molar-refractivity contribution in [3.8, 4) is 0 Å². The van der Waals surface area contributed by atoms with Crippen LogP contribution in [0.5, 0.6) is 0 Å². The van der Waals surface area contributed by atoms with Gasteiger partial charge in [0.1, 0.15) is 6.04 Å². The SMILES string of the molecule is C[C@H](N)C(=O)N[C@H]1C=CC[C@@H](c2ccccc2)N(C)C1=O. The van der Waals surface area contributed by atoms with Gasteiger partial charge in [-0.2, -0.15) is 0 Å². The minimum absolute atomic E-state index is 0.0212. The molecule has 0 saturated carbocycles. The van der Waals surface area contributed by atoms with Gasteiger partial charge in [-0.25, -0.2) is 0 Å². The van der Waals surface area contributed by atoms with E-state index < -0.39 is 12.1 Å². The van der Waals surface area contributed by atoms with Gasteiger partial charge in [-0.1, -0.05) is 42.5 Å². The van der Waals surface area contributed by atoms with Crippen LogP contribution in [0.25, 0.3) is 0 Å². The molecule has 2 rings (SSSR count). The third kappa shape index (κ3) is 3.49. The van der Waals surface area contributed by atoms with Gasteiger partial charge in [0.2, 0.25) is 11.8 Å². The summed E-state index contributed by atoms with van der Waals surface area (Å²) < 4.78 is 0. The van der Waals surface area contributed by atoms with Crippen molar-refractivity contribution in [1.82, 2.24) is 10.2 Å². The second-order valence-corrected chi connectivity index (χ2v) is 5.31. The molecule has 0 saturated heterocycles. The summed E-state index contributed by atoms with van der Waals surface area (Å²) in [6.45, 7) is 1.59. The highest BCUT2D eigenvalue weighted by atomic mass is 16.2. The molecule has 21 heavy (non-hydrogen) atoms. The predicted molar refractivity (Wildman–Crippen MR) is 81.3 cm³/mol. The second kappa shape index (κ2) is 6.54. The first-order chi connectivity index (χ1) is 10.0. The molecular weight excluding hydrogens is 266 g/mol. The number of carbonyl (C=O) groups is 2. The van der Waals surface area contributed by atoms with E-state index in [9.17, 15) is 9.59 Å². The number of hydrogen-bond acceptors (Lipinski definition) is 3. The molecule has 0 radical (unpaired) electrons. The lowest BCUT2D eigenvalue weighted by molar-refractivity contribution is -0.135. The molecule has 3 N–H and O–H groups in total. The standard InChI is InChI=1S/C16H21N3O2/c1-11(17)15(20)18-13-9-6-10-14(19(2)16(13)21)12-7-4-3-5-8-12/h3-9,11,13-14H,10,17H2,1-2H3,(H,18,20)/t11-,13-,14-/m0/s1. The minimum Gasteiger partial charge on any atom is -0.340 e. The lowest BCUT2D eigenvalue weighted by Gasteiger charge is -2.28. The summed E-state index contributed by atoms with van der Waals surface area (Å²) in [5.41, 5.74) is 6.61. The van der Waals surface area contributed by atoms with E-state index in [-0.39, 0.29) is 17.9 Å². The molecule has 0 aromatic heterocycles. The Hall–Kier alpha value is -2.14. The van der Waals surface area contributed by atoms with Crippen molar-refractivity contribution in [1.29, 1.82) is 0 Å². The fourth-order valence-corrected chi connectivity index (χ4v) is 2.39. The average molecular weight is 287 g/mol. The van der Waals surface area contributed by atoms with Gasteiger partial charge < -0.3 is 16.0 Å². The van der Waals surface area contributed by atoms with Gasteiger partial charge in [-0.05, 0) is 18.9 Å². The highest BCUT2D eigenvalue weighted by Crippen LogP contribution is 2.26. The van der Waals surface area contributed by atoms with Crippen LogP contribution in [0.3, 0.4) is 0 Å². The largest absolute Gasteiger partial charge is 0.340 e. The minimum atomic E-state index is -0.651. The average Bonchev–Trinajstić information content (AvgIpc) is 2.61. The maximum Gasteiger partial charge on any atom is 0.249 e. The Morgan fingerprint density at radius 3 is 2.67 bits per heavy atom. The Morgan fingerprint density at radius 2 is 2.05 bits per heavy atom. The van der Waals surface area contributed by atoms with E-state index in [4.69, 9.17) is 5.73 Å². The summed E-state index contributed by atoms with van der Waals surface area (Å²) in [5, 5.41) is 2.67. The van der Waals surface area contributed by atoms with Crippen LogP contribution in [0, 0.1) is 0 Å². The number of benzene rings is 1. The normalized spacial score (nSPS) is 23.6. The van der Waals surface area contributed by atoms with E-state index in [0.29, 0.717) is 0 Å². The maximum atomic E-state index is 12.5. The van der Waals surface area contributed by atoms with Crippen LogP contribution in [0.4, 0.5) is 0 Å². The highest BCUT2D eigenvalue weighted by molar-refractivity contribution is 5.91. The molecule has 0 unspecified atom stereocenters. The van der Waals surface area contributed by atoms with Crippen LogP contribution >= 0.6 is 0 Å². The number of nitrogens with two attached hydrogens (primary N) is 1. The molecule has 1 aromatic rings. The molecule has 0 bridgehead atoms. The molecule has 0 aliphatic carbocycles. The molecule has 2 amide bonds. The van der Waals surface area contributed by atoms with Crippen LogP contribution in [-0.2, 0) is 9.59 Å². The maximum absolute atomic E-state index is 12.5. The van der Waals surface area contributed by atoms with Crippen molar-refractivity contribution in [3.63, 3.8) is 0 Å². The topological polar surface area (TPSA) is 75.4 Å². The van der Waals surface area contributed by atoms with Gasteiger partial charge in [-0.3, -0.25) is 9.59 Å². The highest BCUT2D eigenvalue weighted by Gasteiger charge is 2.29. The molecule has 1 heterocycles. The molecule has 0 spiro atoms. The number of rotatable bonds is 3. The third-order valence-corrected chi connectivity index (χ3v) is 3.66. The molecule has 5 nitrogen and oxygen atoms in total. The van der Waals surface area contributed by atoms with Gasteiger partial charge in [0.15, 0.2) is 0 Å². The van der Waals surface area contributed by atoms with Gasteiger partial charge in [0.05, 0.1) is 12.1 Å². The monoisotopic (exact) mass is 287 g/mol. The lowest BCUT2D eigenvalue weighted by Crippen LogP contribution is -2.50. The first-order valence-corrected chi connectivity index (χ1v) is 7.05. The zero-order chi connectivity index (χ0) is 15.4. The third-order valence-electron chi connectivity index (χ3n) is 3.66. The lowest BCUT2D eigenvalue weighted by atomic mass is 10.0. The number of hydrogen-bond donors (Lipinski definition) is 2. The van der Waals surface area contributed by atoms with Crippen LogP contribution in [0.1, 0.15) is 24.9 Å². The van der Waals surface area contributed by atoms with Crippen molar-refractivity contribution in [2.75, 3.05) is 7.05 Å². The fourth-order valence-electron chi connectivity index (χ4n) is 2.39. The molecule has 112 valence electrons. The van der Waals surface area contributed by atoms with Gasteiger partial charge in [-0.15, -0.1) is 0 Å². The number of amides is 2. The Kier molecular flexibility index (Phi) is 4.75. The number of nitrogens with zero attached hydrogens (tertiary/aromatic N) is 1. The van der Waals surface area contributed by atoms with Crippen LogP contribution in [0.15, 0.2) is 42.5 Å². The van der Waals surface area contributed by atoms with Crippen molar-refractivity contribution in [2.45, 2.75) is 31.5 Å². The number of likely N-dealkylation sites (N-methyl/N-ethyl adjacent to an activating group) is 1. The van der Waals surface area contributed by atoms with Crippen LogP contribution in [-0.4, -0.2) is 35.8 Å². The molecule has 1 aliphatic rings. The Balaban J connectivity index is 2.16. The first kappa shape index (κ1) is 15.3. The summed E-state index contributed by atoms with van der Waals surface area (Å²) in [6, 6.07) is 8.56. The molecule has 5 heteroatoms. The molecule has 1 aromatic carbocycles. The van der Waals surface area contributed by atoms with Gasteiger partial charge >= 0.3 is 0 Å². The van der Waals surface area contributed by atoms with Gasteiger partial charge in [0, 0.05) is 7.05 Å². The van der Waals surface area contributed by atoms with E-state index in [2.05, 4.69) is 5.32 Å². The second-order valence-electron chi connectivity index (χ2n) is 5.31. The van der Waals surface area contributed by atoms with E-state index >= 15 is 0 Å². The molecule has 0 fully saturated rings. The van der Waals surface area contributed by atoms with Crippen molar-refractivity contribution >= 4 is 11.8 Å². The fraction of sp³-hybridized carbons (Fsp3) is 0.375. The van der Waals surface area contributed by atoms with E-state index in [1.807, 2.05) is 36.4 Å². The summed E-state index contributed by atoms with van der Waals surface area (Å²) in [7, 11) is 1.76. The summed E-state index contributed by atoms with van der Waals surface area (Å²) in [5.74, 6) is -0.462. The number of carbonyl (C=O) groups excluding carboxylic acids is 2. The molecule has 1 aliphatic heterocycles. The Morgan fingerprint density at radius 1 is 1.38 bits per heavy atom. The Labute approximate surface area is 124 Å². The number of nitrogens with one attached hydrogen (secondary N) is 1. The smallest absolute Gasteiger partial charge is 0.249 e. The Bertz CT molecular complexity index is 540. The van der Waals surface area contributed by atoms with Crippen LogP contribution < -0.4 is 11.1 Å². The van der Waals surface area contributed by atoms with Gasteiger partial charge in [0.25, 0.3) is 0 Å². The van der Waals surface area contributed by atoms with E-state index in [0.717, 1.165) is 12.0 Å². The molecule has 3 atom stereocenters. The van der Waals surface area contributed by atoms with Crippen molar-refractivity contribution in [3.05, 3.63) is 48.0 Å². The summed E-state index contributed by atoms with van der Waals surface area (Å²) in [4.78, 5) is 25.9. The predicted octanol–water partition coefficient (Wildman–Crippen LogP) is 0.978.